The molecule has 0 aromatic heterocycles. The lowest BCUT2D eigenvalue weighted by Crippen LogP contribution is -2.34. The number of esters is 2. The minimum absolute atomic E-state index is 0.210. The second-order valence-corrected chi connectivity index (χ2v) is 9.54. The molecule has 2 aliphatic rings. The number of ether oxygens (including phenoxy) is 2. The maximum atomic E-state index is 12.9. The first-order valence-electron chi connectivity index (χ1n) is 10.6. The van der Waals surface area contributed by atoms with Crippen LogP contribution in [0, 0.1) is 0 Å². The molecule has 0 atom stereocenters. The van der Waals surface area contributed by atoms with Gasteiger partial charge < -0.3 is 14.7 Å². The largest absolute Gasteiger partial charge is 0.691 e. The number of hydrogen-bond acceptors (Lipinski definition) is 8. The number of rotatable bonds is 7. The van der Waals surface area contributed by atoms with E-state index < -0.39 is 23.1 Å². The topological polar surface area (TPSA) is 94.1 Å². The van der Waals surface area contributed by atoms with Crippen molar-refractivity contribution in [3.63, 3.8) is 0 Å². The van der Waals surface area contributed by atoms with Gasteiger partial charge in [0.25, 0.3) is 0 Å². The highest BCUT2D eigenvalue weighted by Crippen LogP contribution is 2.34. The van der Waals surface area contributed by atoms with Crippen LogP contribution in [0.3, 0.4) is 0 Å². The van der Waals surface area contributed by atoms with E-state index in [1.807, 2.05) is 13.8 Å². The standard InChI is InChI=1S/C22H30O7S/c1-21(9-5-3-6-10-21)26-19(23)16-13-17(15-18(14-16)30-29-28-25)20(24)27-22(2)11-7-4-8-12-22/h13-15,25H,3-12H2,1-2H3/p-1. The molecule has 0 heterocycles. The molecule has 0 unspecified atom stereocenters. The van der Waals surface area contributed by atoms with Crippen molar-refractivity contribution >= 4 is 24.0 Å². The monoisotopic (exact) mass is 437 g/mol. The molecule has 8 heteroatoms. The van der Waals surface area contributed by atoms with Crippen LogP contribution >= 0.6 is 12.0 Å². The molecule has 0 aliphatic heterocycles. The summed E-state index contributed by atoms with van der Waals surface area (Å²) in [7, 11) is 0. The van der Waals surface area contributed by atoms with E-state index in [1.165, 1.54) is 18.2 Å². The summed E-state index contributed by atoms with van der Waals surface area (Å²) in [6, 6.07) is 4.50. The normalized spacial score (nSPS) is 20.4. The molecule has 0 bridgehead atoms. The number of carbonyl (C=O) groups is 2. The predicted molar refractivity (Wildman–Crippen MR) is 108 cm³/mol. The third-order valence-corrected chi connectivity index (χ3v) is 6.59. The number of hydrogen-bond donors (Lipinski definition) is 0. The van der Waals surface area contributed by atoms with Crippen molar-refractivity contribution in [2.45, 2.75) is 94.2 Å². The molecule has 1 aromatic rings. The number of benzene rings is 1. The van der Waals surface area contributed by atoms with Gasteiger partial charge in [0.05, 0.1) is 23.2 Å². The Labute approximate surface area is 181 Å². The van der Waals surface area contributed by atoms with Crippen LogP contribution in [0.1, 0.15) is 98.8 Å². The Hall–Kier alpha value is -1.61. The van der Waals surface area contributed by atoms with Crippen LogP contribution in [0.5, 0.6) is 0 Å². The average Bonchev–Trinajstić information content (AvgIpc) is 2.72. The van der Waals surface area contributed by atoms with Gasteiger partial charge in [-0.25, -0.2) is 9.59 Å². The summed E-state index contributed by atoms with van der Waals surface area (Å²) in [5.41, 5.74) is -0.601. The van der Waals surface area contributed by atoms with E-state index in [-0.39, 0.29) is 11.1 Å². The fraction of sp³-hybridized carbons (Fsp3) is 0.636. The van der Waals surface area contributed by atoms with Crippen LogP contribution < -0.4 is 5.26 Å². The maximum Gasteiger partial charge on any atom is 0.338 e. The third-order valence-electron chi connectivity index (χ3n) is 6.04. The summed E-state index contributed by atoms with van der Waals surface area (Å²) < 4.78 is 16.0. The Kier molecular flexibility index (Phi) is 7.79. The second kappa shape index (κ2) is 10.1. The summed E-state index contributed by atoms with van der Waals surface area (Å²) >= 11 is 0.624. The predicted octanol–water partition coefficient (Wildman–Crippen LogP) is 4.68. The van der Waals surface area contributed by atoms with Crippen molar-refractivity contribution in [1.82, 2.24) is 0 Å². The average molecular weight is 438 g/mol. The van der Waals surface area contributed by atoms with Crippen LogP contribution in [0.15, 0.2) is 23.1 Å². The Morgan fingerprint density at radius 1 is 0.800 bits per heavy atom. The molecule has 0 amide bonds. The van der Waals surface area contributed by atoms with Crippen LogP contribution in [0.4, 0.5) is 0 Å². The molecule has 0 N–H and O–H groups in total. The molecule has 7 nitrogen and oxygen atoms in total. The van der Waals surface area contributed by atoms with E-state index in [4.69, 9.17) is 9.47 Å². The van der Waals surface area contributed by atoms with Gasteiger partial charge in [0.2, 0.25) is 0 Å². The molecule has 2 aliphatic carbocycles. The molecule has 0 radical (unpaired) electrons. The van der Waals surface area contributed by atoms with E-state index in [0.29, 0.717) is 16.9 Å². The van der Waals surface area contributed by atoms with Crippen molar-refractivity contribution in [3.8, 4) is 0 Å². The Morgan fingerprint density at radius 3 is 1.63 bits per heavy atom. The summed E-state index contributed by atoms with van der Waals surface area (Å²) in [6.45, 7) is 3.88. The lowest BCUT2D eigenvalue weighted by atomic mass is 9.86. The van der Waals surface area contributed by atoms with Gasteiger partial charge in [0.15, 0.2) is 0 Å². The number of carbonyl (C=O) groups excluding carboxylic acids is 2. The van der Waals surface area contributed by atoms with Crippen molar-refractivity contribution in [1.29, 1.82) is 0 Å². The van der Waals surface area contributed by atoms with Crippen LogP contribution in [-0.2, 0) is 18.8 Å². The van der Waals surface area contributed by atoms with E-state index in [9.17, 15) is 14.8 Å². The van der Waals surface area contributed by atoms with Crippen molar-refractivity contribution < 1.29 is 33.7 Å². The van der Waals surface area contributed by atoms with Crippen molar-refractivity contribution in [2.24, 2.45) is 0 Å². The molecule has 0 saturated heterocycles. The fourth-order valence-corrected chi connectivity index (χ4v) is 4.76. The minimum atomic E-state index is -0.511. The van der Waals surface area contributed by atoms with Gasteiger partial charge in [0.1, 0.15) is 11.2 Å². The molecule has 3 rings (SSSR count). The summed E-state index contributed by atoms with van der Waals surface area (Å²) in [5.74, 6) is -1.02. The molecular weight excluding hydrogens is 408 g/mol. The van der Waals surface area contributed by atoms with Gasteiger partial charge in [-0.15, -0.1) is 0 Å². The molecule has 2 saturated carbocycles. The van der Waals surface area contributed by atoms with Crippen molar-refractivity contribution in [2.75, 3.05) is 0 Å². The SMILES string of the molecule is CC1(OC(=O)c2cc(SOO[O-])cc(C(=O)OC3(C)CCCCC3)c2)CCCCC1. The zero-order valence-corrected chi connectivity index (χ0v) is 18.4. The van der Waals surface area contributed by atoms with Gasteiger partial charge in [-0.05, 0) is 83.4 Å². The van der Waals surface area contributed by atoms with E-state index >= 15 is 0 Å². The highest BCUT2D eigenvalue weighted by molar-refractivity contribution is 7.94. The zero-order valence-electron chi connectivity index (χ0n) is 17.6. The van der Waals surface area contributed by atoms with Gasteiger partial charge in [-0.1, -0.05) is 12.8 Å². The van der Waals surface area contributed by atoms with Crippen molar-refractivity contribution in [3.05, 3.63) is 29.3 Å². The third kappa shape index (κ3) is 6.20. The first kappa shape index (κ1) is 23.1. The Bertz CT molecular complexity index is 696. The van der Waals surface area contributed by atoms with E-state index in [2.05, 4.69) is 9.37 Å². The van der Waals surface area contributed by atoms with E-state index in [1.54, 1.807) is 0 Å². The lowest BCUT2D eigenvalue weighted by Gasteiger charge is -2.33. The lowest BCUT2D eigenvalue weighted by molar-refractivity contribution is -0.777. The molecule has 0 spiro atoms. The zero-order chi connectivity index (χ0) is 21.6. The van der Waals surface area contributed by atoms with Crippen LogP contribution in [0.2, 0.25) is 0 Å². The molecule has 1 aromatic carbocycles. The molecule has 2 fully saturated rings. The van der Waals surface area contributed by atoms with Gasteiger partial charge in [-0.2, -0.15) is 4.33 Å². The van der Waals surface area contributed by atoms with Crippen LogP contribution in [0.25, 0.3) is 0 Å². The molecule has 166 valence electrons. The summed E-state index contributed by atoms with van der Waals surface area (Å²) in [4.78, 5) is 26.1. The quantitative estimate of drug-likeness (QED) is 0.263. The van der Waals surface area contributed by atoms with Gasteiger partial charge in [0, 0.05) is 4.90 Å². The Morgan fingerprint density at radius 2 is 1.23 bits per heavy atom. The van der Waals surface area contributed by atoms with Gasteiger partial charge in [-0.3, -0.25) is 5.04 Å². The van der Waals surface area contributed by atoms with Gasteiger partial charge >= 0.3 is 11.9 Å². The van der Waals surface area contributed by atoms with E-state index in [0.717, 1.165) is 64.2 Å². The molecule has 30 heavy (non-hydrogen) atoms. The molecular formula is C22H29O7S-. The summed E-state index contributed by atoms with van der Waals surface area (Å²) in [5, 5.41) is 13.6. The first-order chi connectivity index (χ1) is 14.3. The second-order valence-electron chi connectivity index (χ2n) is 8.77. The smallest absolute Gasteiger partial charge is 0.338 e. The fourth-order valence-electron chi connectivity index (χ4n) is 4.30. The highest BCUT2D eigenvalue weighted by Gasteiger charge is 2.33. The minimum Gasteiger partial charge on any atom is -0.691 e. The maximum absolute atomic E-state index is 12.9. The van der Waals surface area contributed by atoms with Crippen LogP contribution in [-0.4, -0.2) is 23.1 Å². The first-order valence-corrected chi connectivity index (χ1v) is 11.3. The highest BCUT2D eigenvalue weighted by atomic mass is 32.2. The Balaban J connectivity index is 1.80. The summed E-state index contributed by atoms with van der Waals surface area (Å²) in [6.07, 6.45) is 9.60.